The molecule has 0 heterocycles. The van der Waals surface area contributed by atoms with Gasteiger partial charge in [0.15, 0.2) is 0 Å². The van der Waals surface area contributed by atoms with E-state index in [1.165, 1.54) is 77.0 Å². The van der Waals surface area contributed by atoms with Crippen molar-refractivity contribution in [2.24, 2.45) is 23.7 Å². The monoisotopic (exact) mass is 442 g/mol. The Morgan fingerprint density at radius 1 is 0.781 bits per heavy atom. The fourth-order valence-corrected chi connectivity index (χ4v) is 5.93. The summed E-state index contributed by atoms with van der Waals surface area (Å²) in [6.07, 6.45) is 19.0. The number of benzene rings is 1. The molecule has 3 nitrogen and oxygen atoms in total. The van der Waals surface area contributed by atoms with Crippen molar-refractivity contribution < 1.29 is 14.3 Å². The molecule has 1 aromatic rings. The highest BCUT2D eigenvalue weighted by atomic mass is 16.5. The third kappa shape index (κ3) is 8.12. The smallest absolute Gasteiger partial charge is 0.314 e. The van der Waals surface area contributed by atoms with Crippen LogP contribution in [-0.4, -0.2) is 12.6 Å². The van der Waals surface area contributed by atoms with Crippen LogP contribution >= 0.6 is 0 Å². The average molecular weight is 443 g/mol. The van der Waals surface area contributed by atoms with Gasteiger partial charge in [-0.2, -0.15) is 0 Å². The van der Waals surface area contributed by atoms with Gasteiger partial charge < -0.3 is 9.47 Å². The van der Waals surface area contributed by atoms with Crippen LogP contribution in [0.3, 0.4) is 0 Å². The summed E-state index contributed by atoms with van der Waals surface area (Å²) in [4.78, 5) is 12.6. The second-order valence-corrected chi connectivity index (χ2v) is 10.3. The van der Waals surface area contributed by atoms with Crippen molar-refractivity contribution >= 4 is 5.97 Å². The van der Waals surface area contributed by atoms with Gasteiger partial charge in [-0.05, 0) is 80.5 Å². The van der Waals surface area contributed by atoms with Crippen LogP contribution in [0.1, 0.15) is 110 Å². The van der Waals surface area contributed by atoms with Crippen molar-refractivity contribution in [1.82, 2.24) is 0 Å². The number of rotatable bonds is 12. The minimum absolute atomic E-state index is 0.0540. The first kappa shape index (κ1) is 25.1. The SMILES string of the molecule is CCCCC1CCC(C(=O)Oc2ccc(OCCCC3CCCCC3CCC)cc2)CC1. The van der Waals surface area contributed by atoms with E-state index in [-0.39, 0.29) is 11.9 Å². The Balaban J connectivity index is 1.34. The highest BCUT2D eigenvalue weighted by molar-refractivity contribution is 5.75. The van der Waals surface area contributed by atoms with E-state index in [9.17, 15) is 4.79 Å². The fraction of sp³-hybridized carbons (Fsp3) is 0.759. The molecule has 3 heteroatoms. The topological polar surface area (TPSA) is 35.5 Å². The summed E-state index contributed by atoms with van der Waals surface area (Å²) in [5.74, 6) is 4.17. The van der Waals surface area contributed by atoms with Crippen LogP contribution in [0.25, 0.3) is 0 Å². The molecule has 3 rings (SSSR count). The minimum atomic E-state index is -0.0540. The lowest BCUT2D eigenvalue weighted by Gasteiger charge is -2.31. The predicted octanol–water partition coefficient (Wildman–Crippen LogP) is 8.35. The van der Waals surface area contributed by atoms with Crippen molar-refractivity contribution in [3.63, 3.8) is 0 Å². The van der Waals surface area contributed by atoms with E-state index in [1.54, 1.807) is 0 Å². The van der Waals surface area contributed by atoms with Crippen LogP contribution in [0, 0.1) is 23.7 Å². The van der Waals surface area contributed by atoms with Crippen molar-refractivity contribution in [1.29, 1.82) is 0 Å². The molecular weight excluding hydrogens is 396 g/mol. The molecule has 0 radical (unpaired) electrons. The molecule has 0 aromatic heterocycles. The zero-order valence-corrected chi connectivity index (χ0v) is 20.7. The van der Waals surface area contributed by atoms with E-state index in [2.05, 4.69) is 13.8 Å². The molecule has 32 heavy (non-hydrogen) atoms. The molecule has 2 aliphatic rings. The zero-order chi connectivity index (χ0) is 22.6. The van der Waals surface area contributed by atoms with Gasteiger partial charge >= 0.3 is 5.97 Å². The van der Waals surface area contributed by atoms with Crippen LogP contribution in [0.2, 0.25) is 0 Å². The molecule has 2 saturated carbocycles. The molecule has 180 valence electrons. The van der Waals surface area contributed by atoms with Gasteiger partial charge in [0.2, 0.25) is 0 Å². The van der Waals surface area contributed by atoms with Crippen LogP contribution < -0.4 is 9.47 Å². The second-order valence-electron chi connectivity index (χ2n) is 10.3. The molecule has 0 saturated heterocycles. The van der Waals surface area contributed by atoms with Crippen LogP contribution in [-0.2, 0) is 4.79 Å². The fourth-order valence-electron chi connectivity index (χ4n) is 5.93. The maximum atomic E-state index is 12.6. The van der Waals surface area contributed by atoms with E-state index in [0.717, 1.165) is 49.4 Å². The molecule has 2 atom stereocenters. The number of ether oxygens (including phenoxy) is 2. The van der Waals surface area contributed by atoms with Gasteiger partial charge in [0.1, 0.15) is 11.5 Å². The van der Waals surface area contributed by atoms with Gasteiger partial charge in [0.25, 0.3) is 0 Å². The van der Waals surface area contributed by atoms with E-state index in [4.69, 9.17) is 9.47 Å². The Morgan fingerprint density at radius 3 is 2.09 bits per heavy atom. The van der Waals surface area contributed by atoms with Crippen LogP contribution in [0.5, 0.6) is 11.5 Å². The number of unbranched alkanes of at least 4 members (excludes halogenated alkanes) is 1. The highest BCUT2D eigenvalue weighted by Crippen LogP contribution is 2.36. The molecule has 0 bridgehead atoms. The molecule has 2 unspecified atom stereocenters. The lowest BCUT2D eigenvalue weighted by atomic mass is 9.75. The number of esters is 1. The summed E-state index contributed by atoms with van der Waals surface area (Å²) in [6.45, 7) is 5.34. The number of carbonyl (C=O) groups is 1. The van der Waals surface area contributed by atoms with E-state index < -0.39 is 0 Å². The summed E-state index contributed by atoms with van der Waals surface area (Å²) in [5, 5.41) is 0. The Hall–Kier alpha value is -1.51. The second kappa shape index (κ2) is 13.9. The average Bonchev–Trinajstić information content (AvgIpc) is 2.83. The van der Waals surface area contributed by atoms with Gasteiger partial charge in [-0.15, -0.1) is 0 Å². The third-order valence-corrected chi connectivity index (χ3v) is 7.90. The first-order valence-corrected chi connectivity index (χ1v) is 13.6. The summed E-state index contributed by atoms with van der Waals surface area (Å²) in [6, 6.07) is 7.62. The Bertz CT molecular complexity index is 643. The third-order valence-electron chi connectivity index (χ3n) is 7.90. The lowest BCUT2D eigenvalue weighted by molar-refractivity contribution is -0.140. The Labute approximate surface area is 196 Å². The van der Waals surface area contributed by atoms with E-state index in [1.807, 2.05) is 24.3 Å². The van der Waals surface area contributed by atoms with Crippen molar-refractivity contribution in [3.8, 4) is 11.5 Å². The molecule has 0 aliphatic heterocycles. The van der Waals surface area contributed by atoms with Gasteiger partial charge in [-0.3, -0.25) is 4.79 Å². The normalized spacial score (nSPS) is 25.9. The molecule has 0 amide bonds. The van der Waals surface area contributed by atoms with E-state index in [0.29, 0.717) is 5.75 Å². The first-order valence-electron chi connectivity index (χ1n) is 13.6. The standard InChI is InChI=1S/C29H46O3/c1-3-5-10-23-14-16-26(17-15-23)29(30)32-28-20-18-27(19-21-28)31-22-8-13-25-12-7-6-11-24(25)9-4-2/h18-21,23-26H,3-17,22H2,1-2H3. The molecule has 2 fully saturated rings. The summed E-state index contributed by atoms with van der Waals surface area (Å²) in [7, 11) is 0. The van der Waals surface area contributed by atoms with Crippen LogP contribution in [0.4, 0.5) is 0 Å². The summed E-state index contributed by atoms with van der Waals surface area (Å²) >= 11 is 0. The van der Waals surface area contributed by atoms with Crippen LogP contribution in [0.15, 0.2) is 24.3 Å². The molecule has 2 aliphatic carbocycles. The Morgan fingerprint density at radius 2 is 1.44 bits per heavy atom. The first-order chi connectivity index (χ1) is 15.7. The van der Waals surface area contributed by atoms with E-state index >= 15 is 0 Å². The minimum Gasteiger partial charge on any atom is -0.494 e. The molecule has 1 aromatic carbocycles. The van der Waals surface area contributed by atoms with Crippen molar-refractivity contribution in [2.45, 2.75) is 110 Å². The predicted molar refractivity (Wildman–Crippen MR) is 132 cm³/mol. The van der Waals surface area contributed by atoms with Gasteiger partial charge in [-0.1, -0.05) is 71.6 Å². The number of hydrogen-bond acceptors (Lipinski definition) is 3. The van der Waals surface area contributed by atoms with Crippen molar-refractivity contribution in [3.05, 3.63) is 24.3 Å². The molecule has 0 spiro atoms. The number of hydrogen-bond donors (Lipinski definition) is 0. The zero-order valence-electron chi connectivity index (χ0n) is 20.7. The highest BCUT2D eigenvalue weighted by Gasteiger charge is 2.27. The summed E-state index contributed by atoms with van der Waals surface area (Å²) in [5.41, 5.74) is 0. The molecule has 0 N–H and O–H groups in total. The summed E-state index contributed by atoms with van der Waals surface area (Å²) < 4.78 is 11.6. The maximum Gasteiger partial charge on any atom is 0.314 e. The number of carbonyl (C=O) groups excluding carboxylic acids is 1. The quantitative estimate of drug-likeness (QED) is 0.185. The van der Waals surface area contributed by atoms with Gasteiger partial charge in [-0.25, -0.2) is 0 Å². The largest absolute Gasteiger partial charge is 0.494 e. The Kier molecular flexibility index (Phi) is 10.9. The maximum absolute atomic E-state index is 12.6. The lowest BCUT2D eigenvalue weighted by Crippen LogP contribution is -2.25. The van der Waals surface area contributed by atoms with Crippen molar-refractivity contribution in [2.75, 3.05) is 6.61 Å². The molecular formula is C29H46O3. The van der Waals surface area contributed by atoms with Gasteiger partial charge in [0, 0.05) is 0 Å². The van der Waals surface area contributed by atoms with Gasteiger partial charge in [0.05, 0.1) is 12.5 Å².